The Balaban J connectivity index is 2.07. The van der Waals surface area contributed by atoms with Crippen LogP contribution in [-0.2, 0) is 6.42 Å². The van der Waals surface area contributed by atoms with Crippen LogP contribution < -0.4 is 18.9 Å². The summed E-state index contributed by atoms with van der Waals surface area (Å²) >= 11 is 1.60. The summed E-state index contributed by atoms with van der Waals surface area (Å²) in [6.45, 7) is 0. The average molecular weight is 436 g/mol. The van der Waals surface area contributed by atoms with Gasteiger partial charge >= 0.3 is 0 Å². The predicted octanol–water partition coefficient (Wildman–Crippen LogP) is 5.55. The van der Waals surface area contributed by atoms with Gasteiger partial charge in [0.25, 0.3) is 0 Å². The number of ether oxygens (including phenoxy) is 4. The van der Waals surface area contributed by atoms with Crippen LogP contribution in [0.4, 0.5) is 0 Å². The molecule has 1 atom stereocenters. The van der Waals surface area contributed by atoms with Crippen molar-refractivity contribution >= 4 is 22.5 Å². The van der Waals surface area contributed by atoms with Crippen molar-refractivity contribution in [3.8, 4) is 29.1 Å². The molecule has 1 aliphatic rings. The zero-order valence-corrected chi connectivity index (χ0v) is 19.2. The molecule has 0 amide bonds. The minimum Gasteiger partial charge on any atom is -0.493 e. The zero-order valence-electron chi connectivity index (χ0n) is 18.4. The van der Waals surface area contributed by atoms with Gasteiger partial charge < -0.3 is 18.9 Å². The quantitative estimate of drug-likeness (QED) is 0.474. The van der Waals surface area contributed by atoms with E-state index >= 15 is 0 Å². The summed E-state index contributed by atoms with van der Waals surface area (Å²) in [4.78, 5) is 0.993. The fourth-order valence-electron chi connectivity index (χ4n) is 4.65. The molecule has 0 fully saturated rings. The van der Waals surface area contributed by atoms with Crippen molar-refractivity contribution in [1.29, 1.82) is 5.26 Å². The number of hydrogen-bond donors (Lipinski definition) is 0. The van der Waals surface area contributed by atoms with Gasteiger partial charge in [0.05, 0.1) is 34.0 Å². The molecule has 3 aromatic carbocycles. The Morgan fingerprint density at radius 3 is 2.29 bits per heavy atom. The molecular weight excluding hydrogens is 410 g/mol. The molecule has 0 spiro atoms. The minimum absolute atomic E-state index is 0.0755. The molecule has 0 aromatic heterocycles. The normalized spacial score (nSPS) is 14.8. The van der Waals surface area contributed by atoms with Crippen LogP contribution in [0.3, 0.4) is 0 Å². The lowest BCUT2D eigenvalue weighted by molar-refractivity contribution is 0.349. The predicted molar refractivity (Wildman–Crippen MR) is 123 cm³/mol. The summed E-state index contributed by atoms with van der Waals surface area (Å²) in [5, 5.41) is 12.0. The van der Waals surface area contributed by atoms with E-state index in [1.54, 1.807) is 40.2 Å². The highest BCUT2D eigenvalue weighted by atomic mass is 32.2. The first-order valence-corrected chi connectivity index (χ1v) is 11.2. The van der Waals surface area contributed by atoms with Gasteiger partial charge in [0.2, 0.25) is 0 Å². The van der Waals surface area contributed by atoms with Crippen molar-refractivity contribution < 1.29 is 18.9 Å². The van der Waals surface area contributed by atoms with E-state index < -0.39 is 0 Å². The van der Waals surface area contributed by atoms with Gasteiger partial charge in [0, 0.05) is 21.8 Å². The number of rotatable bonds is 6. The van der Waals surface area contributed by atoms with Crippen LogP contribution in [0.5, 0.6) is 23.0 Å². The van der Waals surface area contributed by atoms with Crippen LogP contribution in [0.2, 0.25) is 0 Å². The SMILES string of the molecule is COc1ccc(C2CCc3cc(SC)c(C#N)c4cc(OC)c(OC)c2c34)cc1OC. The van der Waals surface area contributed by atoms with E-state index in [0.29, 0.717) is 22.8 Å². The number of methoxy groups -OCH3 is 4. The fourth-order valence-corrected chi connectivity index (χ4v) is 5.27. The van der Waals surface area contributed by atoms with Crippen LogP contribution in [0, 0.1) is 11.3 Å². The summed E-state index contributed by atoms with van der Waals surface area (Å²) in [6, 6.07) is 12.6. The molecule has 3 aromatic rings. The highest BCUT2D eigenvalue weighted by Crippen LogP contribution is 2.51. The first kappa shape index (κ1) is 21.2. The second-order valence-corrected chi connectivity index (χ2v) is 8.23. The number of hydrogen-bond acceptors (Lipinski definition) is 6. The largest absolute Gasteiger partial charge is 0.493 e. The molecular formula is C25H25NO4S. The Labute approximate surface area is 186 Å². The van der Waals surface area contributed by atoms with Gasteiger partial charge in [0.15, 0.2) is 23.0 Å². The second-order valence-electron chi connectivity index (χ2n) is 7.38. The van der Waals surface area contributed by atoms with Crippen molar-refractivity contribution in [2.75, 3.05) is 34.7 Å². The summed E-state index contributed by atoms with van der Waals surface area (Å²) in [7, 11) is 6.58. The number of nitrogens with zero attached hydrogens (tertiary/aromatic N) is 1. The van der Waals surface area contributed by atoms with E-state index in [1.165, 1.54) is 5.56 Å². The van der Waals surface area contributed by atoms with E-state index in [4.69, 9.17) is 18.9 Å². The van der Waals surface area contributed by atoms with Gasteiger partial charge in [-0.1, -0.05) is 6.07 Å². The van der Waals surface area contributed by atoms with Gasteiger partial charge in [0.1, 0.15) is 6.07 Å². The van der Waals surface area contributed by atoms with E-state index in [-0.39, 0.29) is 5.92 Å². The standard InChI is InChI=1S/C25H25NO4S/c1-27-19-9-7-14(10-20(19)28-2)16-8-6-15-11-22(31-5)18(13-26)17-12-21(29-3)25(30-4)24(16)23(15)17/h7,9-12,16H,6,8H2,1-5H3. The molecule has 0 heterocycles. The van der Waals surface area contributed by atoms with E-state index in [9.17, 15) is 5.26 Å². The van der Waals surface area contributed by atoms with E-state index in [0.717, 1.165) is 45.4 Å². The summed E-state index contributed by atoms with van der Waals surface area (Å²) in [5.41, 5.74) is 4.10. The third-order valence-electron chi connectivity index (χ3n) is 6.04. The lowest BCUT2D eigenvalue weighted by Gasteiger charge is -2.30. The molecule has 5 nitrogen and oxygen atoms in total. The van der Waals surface area contributed by atoms with Crippen LogP contribution in [-0.4, -0.2) is 34.7 Å². The Morgan fingerprint density at radius 1 is 0.935 bits per heavy atom. The number of benzene rings is 3. The highest BCUT2D eigenvalue weighted by molar-refractivity contribution is 7.98. The smallest absolute Gasteiger partial charge is 0.165 e. The molecule has 0 aliphatic heterocycles. The maximum absolute atomic E-state index is 9.95. The monoisotopic (exact) mass is 435 g/mol. The van der Waals surface area contributed by atoms with Crippen LogP contribution in [0.25, 0.3) is 10.8 Å². The van der Waals surface area contributed by atoms with Gasteiger partial charge in [-0.3, -0.25) is 0 Å². The van der Waals surface area contributed by atoms with E-state index in [2.05, 4.69) is 18.2 Å². The van der Waals surface area contributed by atoms with Crippen molar-refractivity contribution in [3.05, 3.63) is 52.6 Å². The summed E-state index contributed by atoms with van der Waals surface area (Å²) < 4.78 is 22.5. The summed E-state index contributed by atoms with van der Waals surface area (Å²) in [6.07, 6.45) is 3.84. The average Bonchev–Trinajstić information content (AvgIpc) is 2.82. The van der Waals surface area contributed by atoms with Gasteiger partial charge in [-0.2, -0.15) is 5.26 Å². The Morgan fingerprint density at radius 2 is 1.68 bits per heavy atom. The molecule has 0 N–H and O–H groups in total. The van der Waals surface area contributed by atoms with Crippen LogP contribution in [0.1, 0.15) is 34.6 Å². The van der Waals surface area contributed by atoms with Crippen molar-refractivity contribution in [2.24, 2.45) is 0 Å². The molecule has 1 aliphatic carbocycles. The fraction of sp³-hybridized carbons (Fsp3) is 0.320. The number of thioether (sulfide) groups is 1. The molecule has 4 rings (SSSR count). The second kappa shape index (κ2) is 8.60. The van der Waals surface area contributed by atoms with Crippen LogP contribution in [0.15, 0.2) is 35.2 Å². The number of nitriles is 1. The molecule has 6 heteroatoms. The Hall–Kier alpha value is -3.04. The molecule has 160 valence electrons. The minimum atomic E-state index is 0.0755. The van der Waals surface area contributed by atoms with Crippen LogP contribution >= 0.6 is 11.8 Å². The maximum Gasteiger partial charge on any atom is 0.165 e. The first-order chi connectivity index (χ1) is 15.1. The number of aryl methyl sites for hydroxylation is 1. The molecule has 0 saturated heterocycles. The first-order valence-electron chi connectivity index (χ1n) is 10.0. The summed E-state index contributed by atoms with van der Waals surface area (Å²) in [5.74, 6) is 2.82. The zero-order chi connectivity index (χ0) is 22.1. The Kier molecular flexibility index (Phi) is 5.88. The molecule has 0 radical (unpaired) electrons. The van der Waals surface area contributed by atoms with Gasteiger partial charge in [-0.25, -0.2) is 0 Å². The van der Waals surface area contributed by atoms with Crippen molar-refractivity contribution in [2.45, 2.75) is 23.7 Å². The molecule has 0 saturated carbocycles. The molecule has 1 unspecified atom stereocenters. The van der Waals surface area contributed by atoms with Crippen molar-refractivity contribution in [1.82, 2.24) is 0 Å². The van der Waals surface area contributed by atoms with Gasteiger partial charge in [-0.15, -0.1) is 11.8 Å². The molecule has 31 heavy (non-hydrogen) atoms. The Bertz CT molecular complexity index is 1200. The third-order valence-corrected chi connectivity index (χ3v) is 6.80. The topological polar surface area (TPSA) is 60.7 Å². The van der Waals surface area contributed by atoms with Crippen molar-refractivity contribution in [3.63, 3.8) is 0 Å². The lowest BCUT2D eigenvalue weighted by atomic mass is 9.76. The molecule has 0 bridgehead atoms. The maximum atomic E-state index is 9.95. The lowest BCUT2D eigenvalue weighted by Crippen LogP contribution is -2.13. The highest BCUT2D eigenvalue weighted by Gasteiger charge is 2.31. The van der Waals surface area contributed by atoms with E-state index in [1.807, 2.05) is 24.5 Å². The van der Waals surface area contributed by atoms with Gasteiger partial charge in [-0.05, 0) is 59.9 Å². The third kappa shape index (κ3) is 3.34.